The lowest BCUT2D eigenvalue weighted by molar-refractivity contribution is -0.000803. The van der Waals surface area contributed by atoms with Crippen LogP contribution in [0.25, 0.3) is 11.0 Å². The molecule has 1 aliphatic carbocycles. The van der Waals surface area contributed by atoms with Crippen LogP contribution in [0, 0.1) is 5.92 Å². The molecule has 2 aromatic heterocycles. The Morgan fingerprint density at radius 1 is 1.55 bits per heavy atom. The lowest BCUT2D eigenvalue weighted by atomic mass is 9.79. The predicted molar refractivity (Wildman–Crippen MR) is 77.8 cm³/mol. The van der Waals surface area contributed by atoms with E-state index in [0.29, 0.717) is 23.9 Å². The molecular weight excluding hydrogens is 278 g/mol. The minimum absolute atomic E-state index is 0.160. The zero-order chi connectivity index (χ0) is 14.2. The maximum atomic E-state index is 10.6. The molecule has 0 amide bonds. The first-order valence-electron chi connectivity index (χ1n) is 6.89. The Morgan fingerprint density at radius 2 is 2.40 bits per heavy atom. The predicted octanol–water partition coefficient (Wildman–Crippen LogP) is 2.36. The molecule has 1 saturated carbocycles. The molecule has 0 aliphatic heterocycles. The summed E-state index contributed by atoms with van der Waals surface area (Å²) >= 11 is 5.89. The van der Waals surface area contributed by atoms with Crippen molar-refractivity contribution in [2.24, 2.45) is 5.92 Å². The molecule has 2 atom stereocenters. The molecule has 2 aromatic rings. The van der Waals surface area contributed by atoms with Crippen LogP contribution >= 0.6 is 11.6 Å². The molecule has 0 aromatic carbocycles. The number of aliphatic hydroxyl groups is 1. The zero-order valence-electron chi connectivity index (χ0n) is 11.4. The van der Waals surface area contributed by atoms with E-state index >= 15 is 0 Å². The van der Waals surface area contributed by atoms with Gasteiger partial charge in [0.2, 0.25) is 5.28 Å². The molecule has 6 nitrogen and oxygen atoms in total. The maximum Gasteiger partial charge on any atom is 0.226 e. The standard InChI is InChI=1S/C13H18ClN5O/c1-8-3-2-4-13(20,5-8)7-15-10-9-6-16-19-11(9)18-12(14)17-10/h6,8,20H,2-5,7H2,1H3,(H2,15,16,17,18,19). The van der Waals surface area contributed by atoms with Gasteiger partial charge in [0, 0.05) is 6.54 Å². The summed E-state index contributed by atoms with van der Waals surface area (Å²) in [6, 6.07) is 0. The first-order valence-corrected chi connectivity index (χ1v) is 7.26. The van der Waals surface area contributed by atoms with Crippen molar-refractivity contribution < 1.29 is 5.11 Å². The third kappa shape index (κ3) is 2.71. The van der Waals surface area contributed by atoms with E-state index in [1.165, 1.54) is 6.42 Å². The highest BCUT2D eigenvalue weighted by Gasteiger charge is 2.32. The summed E-state index contributed by atoms with van der Waals surface area (Å²) in [6.45, 7) is 2.64. The Hall–Kier alpha value is -1.40. The van der Waals surface area contributed by atoms with Crippen LogP contribution in [0.4, 0.5) is 5.82 Å². The summed E-state index contributed by atoms with van der Waals surface area (Å²) in [7, 11) is 0. The Bertz CT molecular complexity index is 616. The number of nitrogens with one attached hydrogen (secondary N) is 2. The summed E-state index contributed by atoms with van der Waals surface area (Å²) in [4.78, 5) is 8.23. The number of halogens is 1. The van der Waals surface area contributed by atoms with Gasteiger partial charge in [-0.3, -0.25) is 5.10 Å². The second kappa shape index (κ2) is 5.18. The lowest BCUT2D eigenvalue weighted by Gasteiger charge is -2.35. The highest BCUT2D eigenvalue weighted by molar-refractivity contribution is 6.28. The smallest absolute Gasteiger partial charge is 0.226 e. The SMILES string of the molecule is CC1CCCC(O)(CNc2nc(Cl)nc3[nH]ncc23)C1. The van der Waals surface area contributed by atoms with Gasteiger partial charge < -0.3 is 10.4 Å². The number of anilines is 1. The number of fused-ring (bicyclic) bond motifs is 1. The molecule has 7 heteroatoms. The van der Waals surface area contributed by atoms with Gasteiger partial charge in [-0.05, 0) is 30.4 Å². The van der Waals surface area contributed by atoms with Gasteiger partial charge in [0.05, 0.1) is 17.2 Å². The third-order valence-electron chi connectivity index (χ3n) is 3.93. The largest absolute Gasteiger partial charge is 0.388 e. The lowest BCUT2D eigenvalue weighted by Crippen LogP contribution is -2.41. The van der Waals surface area contributed by atoms with Crippen molar-refractivity contribution in [3.63, 3.8) is 0 Å². The number of hydrogen-bond donors (Lipinski definition) is 3. The highest BCUT2D eigenvalue weighted by Crippen LogP contribution is 2.32. The van der Waals surface area contributed by atoms with E-state index in [1.54, 1.807) is 6.20 Å². The first-order chi connectivity index (χ1) is 9.56. The average Bonchev–Trinajstić information content (AvgIpc) is 2.83. The van der Waals surface area contributed by atoms with E-state index in [-0.39, 0.29) is 5.28 Å². The van der Waals surface area contributed by atoms with Gasteiger partial charge in [-0.2, -0.15) is 15.1 Å². The van der Waals surface area contributed by atoms with Gasteiger partial charge in [-0.25, -0.2) is 0 Å². The van der Waals surface area contributed by atoms with Crippen LogP contribution in [0.1, 0.15) is 32.6 Å². The third-order valence-corrected chi connectivity index (χ3v) is 4.10. The minimum Gasteiger partial charge on any atom is -0.388 e. The van der Waals surface area contributed by atoms with Crippen molar-refractivity contribution >= 4 is 28.5 Å². The van der Waals surface area contributed by atoms with Crippen LogP contribution in [0.3, 0.4) is 0 Å². The number of rotatable bonds is 3. The molecule has 0 spiro atoms. The second-order valence-electron chi connectivity index (χ2n) is 5.75. The van der Waals surface area contributed by atoms with Crippen LogP contribution in [0.15, 0.2) is 6.20 Å². The summed E-state index contributed by atoms with van der Waals surface area (Å²) in [5, 5.41) is 21.5. The van der Waals surface area contributed by atoms with Crippen LogP contribution < -0.4 is 5.32 Å². The molecule has 108 valence electrons. The Kier molecular flexibility index (Phi) is 3.52. The van der Waals surface area contributed by atoms with Crippen LogP contribution in [-0.2, 0) is 0 Å². The molecule has 0 radical (unpaired) electrons. The first kappa shape index (κ1) is 13.6. The van der Waals surface area contributed by atoms with Gasteiger partial charge in [0.15, 0.2) is 5.65 Å². The molecule has 2 heterocycles. The number of aromatic amines is 1. The number of aromatic nitrogens is 4. The Labute approximate surface area is 122 Å². The van der Waals surface area contributed by atoms with Crippen molar-refractivity contribution in [1.82, 2.24) is 20.2 Å². The van der Waals surface area contributed by atoms with Gasteiger partial charge in [0.1, 0.15) is 5.82 Å². The van der Waals surface area contributed by atoms with Gasteiger partial charge in [0.25, 0.3) is 0 Å². The molecule has 2 unspecified atom stereocenters. The fourth-order valence-corrected chi connectivity index (χ4v) is 3.15. The molecule has 1 aliphatic rings. The summed E-state index contributed by atoms with van der Waals surface area (Å²) in [6.07, 6.45) is 5.53. The highest BCUT2D eigenvalue weighted by atomic mass is 35.5. The Morgan fingerprint density at radius 3 is 3.20 bits per heavy atom. The second-order valence-corrected chi connectivity index (χ2v) is 6.09. The van der Waals surface area contributed by atoms with Crippen molar-refractivity contribution in [2.45, 2.75) is 38.2 Å². The zero-order valence-corrected chi connectivity index (χ0v) is 12.1. The fraction of sp³-hybridized carbons (Fsp3) is 0.615. The van der Waals surface area contributed by atoms with Crippen molar-refractivity contribution in [2.75, 3.05) is 11.9 Å². The normalized spacial score (nSPS) is 26.9. The minimum atomic E-state index is -0.675. The van der Waals surface area contributed by atoms with E-state index in [2.05, 4.69) is 32.4 Å². The molecular formula is C13H18ClN5O. The van der Waals surface area contributed by atoms with Crippen LogP contribution in [0.5, 0.6) is 0 Å². The quantitative estimate of drug-likeness (QED) is 0.757. The van der Waals surface area contributed by atoms with Gasteiger partial charge >= 0.3 is 0 Å². The van der Waals surface area contributed by atoms with E-state index in [0.717, 1.165) is 24.6 Å². The van der Waals surface area contributed by atoms with E-state index in [9.17, 15) is 5.11 Å². The Balaban J connectivity index is 1.78. The summed E-state index contributed by atoms with van der Waals surface area (Å²) in [5.41, 5.74) is -0.0815. The van der Waals surface area contributed by atoms with Crippen molar-refractivity contribution in [1.29, 1.82) is 0 Å². The van der Waals surface area contributed by atoms with Gasteiger partial charge in [-0.15, -0.1) is 0 Å². The summed E-state index contributed by atoms with van der Waals surface area (Å²) < 4.78 is 0. The molecule has 3 rings (SSSR count). The fourth-order valence-electron chi connectivity index (χ4n) is 2.98. The van der Waals surface area contributed by atoms with Crippen molar-refractivity contribution in [3.05, 3.63) is 11.5 Å². The maximum absolute atomic E-state index is 10.6. The van der Waals surface area contributed by atoms with E-state index in [4.69, 9.17) is 11.6 Å². The monoisotopic (exact) mass is 295 g/mol. The van der Waals surface area contributed by atoms with Crippen LogP contribution in [0.2, 0.25) is 5.28 Å². The van der Waals surface area contributed by atoms with Crippen LogP contribution in [-0.4, -0.2) is 37.4 Å². The average molecular weight is 296 g/mol. The number of hydrogen-bond acceptors (Lipinski definition) is 5. The van der Waals surface area contributed by atoms with Gasteiger partial charge in [-0.1, -0.05) is 19.8 Å². The van der Waals surface area contributed by atoms with E-state index < -0.39 is 5.60 Å². The molecule has 0 bridgehead atoms. The number of H-pyrrole nitrogens is 1. The molecule has 1 fully saturated rings. The molecule has 0 saturated heterocycles. The summed E-state index contributed by atoms with van der Waals surface area (Å²) in [5.74, 6) is 1.17. The van der Waals surface area contributed by atoms with Crippen molar-refractivity contribution in [3.8, 4) is 0 Å². The molecule has 20 heavy (non-hydrogen) atoms. The number of nitrogens with zero attached hydrogens (tertiary/aromatic N) is 3. The topological polar surface area (TPSA) is 86.7 Å². The van der Waals surface area contributed by atoms with E-state index in [1.807, 2.05) is 0 Å². The molecule has 3 N–H and O–H groups in total.